The molecule has 1 aromatic rings. The van der Waals surface area contributed by atoms with Crippen LogP contribution < -0.4 is 14.5 Å². The predicted octanol–water partition coefficient (Wildman–Crippen LogP) is 2.29. The summed E-state index contributed by atoms with van der Waals surface area (Å²) in [4.78, 5) is 9.06. The number of aliphatic imine (C=N–C) groups is 1. The molecule has 2 heterocycles. The van der Waals surface area contributed by atoms with Crippen LogP contribution in [-0.2, 0) is 0 Å². The lowest BCUT2D eigenvalue weighted by Gasteiger charge is -2.16. The zero-order valence-electron chi connectivity index (χ0n) is 10.0. The van der Waals surface area contributed by atoms with E-state index < -0.39 is 0 Å². The second-order valence-electron chi connectivity index (χ2n) is 3.93. The monoisotopic (exact) mass is 297 g/mol. The Morgan fingerprint density at radius 1 is 1.35 bits per heavy atom. The SMILES string of the molecule is Br.CCN1C2=NCCN2c2cc(OC)ccc21. The molecular weight excluding hydrogens is 282 g/mol. The number of rotatable bonds is 2. The van der Waals surface area contributed by atoms with Crippen molar-refractivity contribution < 1.29 is 4.74 Å². The van der Waals surface area contributed by atoms with E-state index in [1.807, 2.05) is 6.07 Å². The van der Waals surface area contributed by atoms with E-state index in [4.69, 9.17) is 4.74 Å². The molecule has 0 unspecified atom stereocenters. The van der Waals surface area contributed by atoms with Gasteiger partial charge in [0.05, 0.1) is 25.0 Å². The fourth-order valence-corrected chi connectivity index (χ4v) is 2.39. The van der Waals surface area contributed by atoms with Crippen molar-refractivity contribution in [1.82, 2.24) is 0 Å². The van der Waals surface area contributed by atoms with Crippen LogP contribution in [0.2, 0.25) is 0 Å². The Hall–Kier alpha value is -1.23. The second-order valence-corrected chi connectivity index (χ2v) is 3.93. The van der Waals surface area contributed by atoms with Gasteiger partial charge in [0.15, 0.2) is 0 Å². The van der Waals surface area contributed by atoms with Crippen molar-refractivity contribution in [3.05, 3.63) is 18.2 Å². The van der Waals surface area contributed by atoms with Crippen LogP contribution in [0.1, 0.15) is 6.92 Å². The second kappa shape index (κ2) is 4.56. The summed E-state index contributed by atoms with van der Waals surface area (Å²) in [7, 11) is 1.70. The van der Waals surface area contributed by atoms with Gasteiger partial charge < -0.3 is 14.5 Å². The van der Waals surface area contributed by atoms with Crippen molar-refractivity contribution in [2.45, 2.75) is 6.92 Å². The first-order valence-corrected chi connectivity index (χ1v) is 5.62. The van der Waals surface area contributed by atoms with Gasteiger partial charge in [-0.25, -0.2) is 0 Å². The maximum Gasteiger partial charge on any atom is 0.205 e. The Morgan fingerprint density at radius 2 is 2.18 bits per heavy atom. The van der Waals surface area contributed by atoms with E-state index in [9.17, 15) is 0 Å². The van der Waals surface area contributed by atoms with E-state index in [-0.39, 0.29) is 17.0 Å². The first kappa shape index (κ1) is 12.2. The Labute approximate surface area is 112 Å². The Balaban J connectivity index is 0.00000108. The molecule has 0 amide bonds. The molecule has 1 aromatic carbocycles. The average Bonchev–Trinajstić information content (AvgIpc) is 2.88. The molecule has 0 atom stereocenters. The van der Waals surface area contributed by atoms with Crippen molar-refractivity contribution in [2.24, 2.45) is 4.99 Å². The number of halogens is 1. The van der Waals surface area contributed by atoms with Crippen LogP contribution in [0.15, 0.2) is 23.2 Å². The summed E-state index contributed by atoms with van der Waals surface area (Å²) in [5.41, 5.74) is 2.46. The number of hydrogen-bond donors (Lipinski definition) is 0. The Morgan fingerprint density at radius 3 is 2.88 bits per heavy atom. The lowest BCUT2D eigenvalue weighted by atomic mass is 10.2. The van der Waals surface area contributed by atoms with E-state index in [1.54, 1.807) is 7.11 Å². The fraction of sp³-hybridized carbons (Fsp3) is 0.417. The highest BCUT2D eigenvalue weighted by molar-refractivity contribution is 8.93. The van der Waals surface area contributed by atoms with Crippen LogP contribution in [0.4, 0.5) is 11.4 Å². The van der Waals surface area contributed by atoms with Gasteiger partial charge in [0.2, 0.25) is 5.96 Å². The molecule has 0 aromatic heterocycles. The number of ether oxygens (including phenoxy) is 1. The third-order valence-corrected chi connectivity index (χ3v) is 3.14. The van der Waals surface area contributed by atoms with Crippen LogP contribution in [0.25, 0.3) is 0 Å². The molecule has 0 saturated carbocycles. The van der Waals surface area contributed by atoms with Gasteiger partial charge in [-0.2, -0.15) is 0 Å². The van der Waals surface area contributed by atoms with Crippen LogP contribution >= 0.6 is 17.0 Å². The number of fused-ring (bicyclic) bond motifs is 3. The topological polar surface area (TPSA) is 28.1 Å². The maximum atomic E-state index is 5.27. The molecule has 0 spiro atoms. The normalized spacial score (nSPS) is 16.2. The molecule has 2 aliphatic rings. The molecule has 0 aliphatic carbocycles. The minimum atomic E-state index is 0. The van der Waals surface area contributed by atoms with Gasteiger partial charge in [-0.05, 0) is 19.1 Å². The Kier molecular flexibility index (Phi) is 3.28. The minimum absolute atomic E-state index is 0. The number of guanidine groups is 1. The molecular formula is C12H16BrN3O. The fourth-order valence-electron chi connectivity index (χ4n) is 2.39. The summed E-state index contributed by atoms with van der Waals surface area (Å²) in [5, 5.41) is 0. The van der Waals surface area contributed by atoms with Crippen molar-refractivity contribution in [2.75, 3.05) is 36.5 Å². The van der Waals surface area contributed by atoms with E-state index in [2.05, 4.69) is 33.8 Å². The molecule has 0 N–H and O–H groups in total. The van der Waals surface area contributed by atoms with Crippen LogP contribution in [0.5, 0.6) is 5.75 Å². The summed E-state index contributed by atoms with van der Waals surface area (Å²) in [6.07, 6.45) is 0. The predicted molar refractivity (Wildman–Crippen MR) is 76.0 cm³/mol. The summed E-state index contributed by atoms with van der Waals surface area (Å²) in [5.74, 6) is 1.99. The van der Waals surface area contributed by atoms with Gasteiger partial charge >= 0.3 is 0 Å². The quantitative estimate of drug-likeness (QED) is 0.838. The Bertz CT molecular complexity index is 461. The third-order valence-electron chi connectivity index (χ3n) is 3.14. The largest absolute Gasteiger partial charge is 0.497 e. The summed E-state index contributed by atoms with van der Waals surface area (Å²) in [6, 6.07) is 6.20. The molecule has 0 bridgehead atoms. The highest BCUT2D eigenvalue weighted by atomic mass is 79.9. The molecule has 0 saturated heterocycles. The van der Waals surface area contributed by atoms with E-state index in [0.29, 0.717) is 0 Å². The minimum Gasteiger partial charge on any atom is -0.497 e. The summed E-state index contributed by atoms with van der Waals surface area (Å²) < 4.78 is 5.27. The number of anilines is 2. The molecule has 5 heteroatoms. The van der Waals surface area contributed by atoms with Crippen molar-refractivity contribution in [3.8, 4) is 5.75 Å². The van der Waals surface area contributed by atoms with Crippen LogP contribution in [0, 0.1) is 0 Å². The van der Waals surface area contributed by atoms with Crippen molar-refractivity contribution in [3.63, 3.8) is 0 Å². The molecule has 0 radical (unpaired) electrons. The number of hydrogen-bond acceptors (Lipinski definition) is 4. The first-order valence-electron chi connectivity index (χ1n) is 5.62. The lowest BCUT2D eigenvalue weighted by Crippen LogP contribution is -2.35. The van der Waals surface area contributed by atoms with Gasteiger partial charge in [-0.15, -0.1) is 17.0 Å². The van der Waals surface area contributed by atoms with E-state index in [0.717, 1.165) is 31.3 Å². The lowest BCUT2D eigenvalue weighted by molar-refractivity contribution is 0.415. The average molecular weight is 298 g/mol. The maximum absolute atomic E-state index is 5.27. The van der Waals surface area contributed by atoms with Crippen LogP contribution in [-0.4, -0.2) is 32.7 Å². The van der Waals surface area contributed by atoms with Gasteiger partial charge in [0, 0.05) is 19.2 Å². The smallest absolute Gasteiger partial charge is 0.205 e. The van der Waals surface area contributed by atoms with Crippen molar-refractivity contribution >= 4 is 34.3 Å². The highest BCUT2D eigenvalue weighted by Crippen LogP contribution is 2.40. The van der Waals surface area contributed by atoms with Gasteiger partial charge in [0.1, 0.15) is 5.75 Å². The van der Waals surface area contributed by atoms with Crippen LogP contribution in [0.3, 0.4) is 0 Å². The molecule has 92 valence electrons. The van der Waals surface area contributed by atoms with E-state index >= 15 is 0 Å². The summed E-state index contributed by atoms with van der Waals surface area (Å²) in [6.45, 7) is 4.97. The molecule has 0 fully saturated rings. The number of methoxy groups -OCH3 is 1. The summed E-state index contributed by atoms with van der Waals surface area (Å²) >= 11 is 0. The number of benzene rings is 1. The van der Waals surface area contributed by atoms with Gasteiger partial charge in [-0.3, -0.25) is 4.99 Å². The zero-order valence-corrected chi connectivity index (χ0v) is 11.7. The van der Waals surface area contributed by atoms with E-state index in [1.165, 1.54) is 11.4 Å². The molecule has 3 rings (SSSR count). The van der Waals surface area contributed by atoms with Gasteiger partial charge in [-0.1, -0.05) is 0 Å². The molecule has 17 heavy (non-hydrogen) atoms. The molecule has 2 aliphatic heterocycles. The zero-order chi connectivity index (χ0) is 11.1. The molecule has 4 nitrogen and oxygen atoms in total. The highest BCUT2D eigenvalue weighted by Gasteiger charge is 2.34. The first-order chi connectivity index (χ1) is 7.85. The van der Waals surface area contributed by atoms with Crippen molar-refractivity contribution in [1.29, 1.82) is 0 Å². The van der Waals surface area contributed by atoms with Gasteiger partial charge in [0.25, 0.3) is 0 Å². The number of nitrogens with zero attached hydrogens (tertiary/aromatic N) is 3. The standard InChI is InChI=1S/C12H15N3O.BrH/c1-3-14-10-5-4-9(16-2)8-11(10)15-7-6-13-12(14)15;/h4-5,8H,3,6-7H2,1-2H3;1H. The third kappa shape index (κ3) is 1.69.